The van der Waals surface area contributed by atoms with Crippen molar-refractivity contribution in [3.8, 4) is 16.9 Å². The molecule has 0 radical (unpaired) electrons. The fourth-order valence-corrected chi connectivity index (χ4v) is 4.23. The predicted octanol–water partition coefficient (Wildman–Crippen LogP) is 8.86. The van der Waals surface area contributed by atoms with Gasteiger partial charge in [-0.3, -0.25) is 4.79 Å². The maximum absolute atomic E-state index is 12.9. The fraction of sp³-hybridized carbons (Fsp3) is 0.387. The van der Waals surface area contributed by atoms with Gasteiger partial charge in [0, 0.05) is 12.0 Å². The molecule has 0 fully saturated rings. The Morgan fingerprint density at radius 3 is 1.97 bits per heavy atom. The number of ether oxygens (including phenoxy) is 1. The third-order valence-electron chi connectivity index (χ3n) is 6.36. The summed E-state index contributed by atoms with van der Waals surface area (Å²) in [5, 5.41) is 0. The van der Waals surface area contributed by atoms with E-state index in [1.807, 2.05) is 54.6 Å². The summed E-state index contributed by atoms with van der Waals surface area (Å²) in [6.45, 7) is 5.18. The Hall–Kier alpha value is -2.87. The van der Waals surface area contributed by atoms with Crippen LogP contribution in [0.5, 0.6) is 5.75 Å². The Morgan fingerprint density at radius 1 is 0.727 bits per heavy atom. The number of unbranched alkanes of at least 4 members (excludes halogenated alkanes) is 5. The molecular formula is C31H38O2. The lowest BCUT2D eigenvalue weighted by atomic mass is 9.89. The van der Waals surface area contributed by atoms with E-state index in [9.17, 15) is 4.79 Å². The highest BCUT2D eigenvalue weighted by atomic mass is 16.5. The molecule has 0 heterocycles. The van der Waals surface area contributed by atoms with Crippen LogP contribution >= 0.6 is 0 Å². The second-order valence-electron chi connectivity index (χ2n) is 8.86. The van der Waals surface area contributed by atoms with Crippen LogP contribution in [0.15, 0.2) is 78.9 Å². The van der Waals surface area contributed by atoms with E-state index in [4.69, 9.17) is 4.74 Å². The van der Waals surface area contributed by atoms with E-state index in [2.05, 4.69) is 38.1 Å². The largest absolute Gasteiger partial charge is 0.494 e. The van der Waals surface area contributed by atoms with Crippen LogP contribution in [0.3, 0.4) is 0 Å². The lowest BCUT2D eigenvalue weighted by Gasteiger charge is -2.14. The topological polar surface area (TPSA) is 26.3 Å². The standard InChI is InChI=1S/C31H38O2/c1-3-5-6-7-8-12-23-33-30-21-19-28(20-22-30)27-15-17-29(18-16-27)31(32)24-25(4-2)26-13-10-9-11-14-26/h9-11,13-22,25H,3-8,12,23-24H2,1-2H3. The number of hydrogen-bond acceptors (Lipinski definition) is 2. The number of ketones is 1. The quantitative estimate of drug-likeness (QED) is 0.184. The smallest absolute Gasteiger partial charge is 0.163 e. The van der Waals surface area contributed by atoms with Gasteiger partial charge in [-0.1, -0.05) is 113 Å². The summed E-state index contributed by atoms with van der Waals surface area (Å²) in [5.74, 6) is 1.39. The van der Waals surface area contributed by atoms with Gasteiger partial charge in [0.25, 0.3) is 0 Å². The van der Waals surface area contributed by atoms with E-state index in [0.29, 0.717) is 6.42 Å². The molecule has 0 saturated carbocycles. The molecule has 1 unspecified atom stereocenters. The SMILES string of the molecule is CCCCCCCCOc1ccc(-c2ccc(C(=O)CC(CC)c3ccccc3)cc2)cc1. The maximum atomic E-state index is 12.9. The van der Waals surface area contributed by atoms with Crippen molar-refractivity contribution in [3.63, 3.8) is 0 Å². The van der Waals surface area contributed by atoms with Gasteiger partial charge in [0.1, 0.15) is 5.75 Å². The second-order valence-corrected chi connectivity index (χ2v) is 8.86. The van der Waals surface area contributed by atoms with E-state index < -0.39 is 0 Å². The molecule has 0 aliphatic rings. The summed E-state index contributed by atoms with van der Waals surface area (Å²) in [5.41, 5.74) is 4.27. The van der Waals surface area contributed by atoms with Crippen molar-refractivity contribution in [3.05, 3.63) is 90.0 Å². The zero-order chi connectivity index (χ0) is 23.3. The molecule has 2 nitrogen and oxygen atoms in total. The first-order chi connectivity index (χ1) is 16.2. The Labute approximate surface area is 200 Å². The third-order valence-corrected chi connectivity index (χ3v) is 6.36. The lowest BCUT2D eigenvalue weighted by Crippen LogP contribution is -2.07. The zero-order valence-electron chi connectivity index (χ0n) is 20.3. The number of hydrogen-bond donors (Lipinski definition) is 0. The fourth-order valence-electron chi connectivity index (χ4n) is 4.23. The average Bonchev–Trinajstić information content (AvgIpc) is 2.87. The molecule has 0 aromatic heterocycles. The lowest BCUT2D eigenvalue weighted by molar-refractivity contribution is 0.0973. The monoisotopic (exact) mass is 442 g/mol. The van der Waals surface area contributed by atoms with Gasteiger partial charge in [0.15, 0.2) is 5.78 Å². The molecule has 0 bridgehead atoms. The van der Waals surface area contributed by atoms with Crippen molar-refractivity contribution < 1.29 is 9.53 Å². The zero-order valence-corrected chi connectivity index (χ0v) is 20.3. The van der Waals surface area contributed by atoms with Crippen molar-refractivity contribution >= 4 is 5.78 Å². The normalized spacial score (nSPS) is 11.8. The number of rotatable bonds is 14. The van der Waals surface area contributed by atoms with Crippen LogP contribution in [0.4, 0.5) is 0 Å². The number of Topliss-reactive ketones (excluding diaryl/α,β-unsaturated/α-hetero) is 1. The van der Waals surface area contributed by atoms with E-state index in [1.165, 1.54) is 37.7 Å². The molecule has 0 aliphatic carbocycles. The highest BCUT2D eigenvalue weighted by Gasteiger charge is 2.15. The number of carbonyl (C=O) groups is 1. The maximum Gasteiger partial charge on any atom is 0.163 e. The first kappa shape index (κ1) is 24.8. The van der Waals surface area contributed by atoms with Gasteiger partial charge in [-0.15, -0.1) is 0 Å². The molecule has 2 heteroatoms. The molecule has 3 aromatic carbocycles. The van der Waals surface area contributed by atoms with Crippen molar-refractivity contribution in [2.45, 2.75) is 71.1 Å². The van der Waals surface area contributed by atoms with Crippen LogP contribution < -0.4 is 4.74 Å². The number of benzene rings is 3. The molecule has 1 atom stereocenters. The Bertz CT molecular complexity index is 942. The minimum absolute atomic E-state index is 0.204. The van der Waals surface area contributed by atoms with Gasteiger partial charge in [-0.05, 0) is 47.6 Å². The molecule has 174 valence electrons. The van der Waals surface area contributed by atoms with Gasteiger partial charge in [-0.25, -0.2) is 0 Å². The molecule has 0 N–H and O–H groups in total. The first-order valence-electron chi connectivity index (χ1n) is 12.6. The van der Waals surface area contributed by atoms with Gasteiger partial charge in [0.2, 0.25) is 0 Å². The van der Waals surface area contributed by atoms with Crippen LogP contribution in [-0.2, 0) is 0 Å². The summed E-state index contributed by atoms with van der Waals surface area (Å²) >= 11 is 0. The van der Waals surface area contributed by atoms with Crippen LogP contribution in [-0.4, -0.2) is 12.4 Å². The van der Waals surface area contributed by atoms with Gasteiger partial charge in [0.05, 0.1) is 6.61 Å². The summed E-state index contributed by atoms with van der Waals surface area (Å²) in [7, 11) is 0. The molecule has 33 heavy (non-hydrogen) atoms. The molecule has 3 aromatic rings. The Morgan fingerprint density at radius 2 is 1.33 bits per heavy atom. The minimum Gasteiger partial charge on any atom is -0.494 e. The summed E-state index contributed by atoms with van der Waals surface area (Å²) in [4.78, 5) is 12.9. The molecular weight excluding hydrogens is 404 g/mol. The highest BCUT2D eigenvalue weighted by molar-refractivity contribution is 5.97. The molecule has 0 amide bonds. The predicted molar refractivity (Wildman–Crippen MR) is 139 cm³/mol. The van der Waals surface area contributed by atoms with Crippen molar-refractivity contribution in [2.24, 2.45) is 0 Å². The van der Waals surface area contributed by atoms with E-state index in [-0.39, 0.29) is 11.7 Å². The Balaban J connectivity index is 1.50. The van der Waals surface area contributed by atoms with Crippen molar-refractivity contribution in [1.29, 1.82) is 0 Å². The Kier molecular flexibility index (Phi) is 10.2. The molecule has 3 rings (SSSR count). The van der Waals surface area contributed by atoms with E-state index >= 15 is 0 Å². The number of carbonyl (C=O) groups excluding carboxylic acids is 1. The van der Waals surface area contributed by atoms with Crippen molar-refractivity contribution in [1.82, 2.24) is 0 Å². The van der Waals surface area contributed by atoms with E-state index in [1.54, 1.807) is 0 Å². The summed E-state index contributed by atoms with van der Waals surface area (Å²) in [6, 6.07) is 26.6. The van der Waals surface area contributed by atoms with Crippen LogP contribution in [0.2, 0.25) is 0 Å². The van der Waals surface area contributed by atoms with Gasteiger partial charge < -0.3 is 4.74 Å². The van der Waals surface area contributed by atoms with Crippen LogP contribution in [0, 0.1) is 0 Å². The highest BCUT2D eigenvalue weighted by Crippen LogP contribution is 2.27. The molecule has 0 aliphatic heterocycles. The first-order valence-corrected chi connectivity index (χ1v) is 12.6. The van der Waals surface area contributed by atoms with Crippen molar-refractivity contribution in [2.75, 3.05) is 6.61 Å². The minimum atomic E-state index is 0.204. The van der Waals surface area contributed by atoms with Crippen LogP contribution in [0.25, 0.3) is 11.1 Å². The summed E-state index contributed by atoms with van der Waals surface area (Å²) < 4.78 is 5.89. The third kappa shape index (κ3) is 7.89. The van der Waals surface area contributed by atoms with Crippen LogP contribution in [0.1, 0.15) is 87.1 Å². The van der Waals surface area contributed by atoms with Gasteiger partial charge in [-0.2, -0.15) is 0 Å². The molecule has 0 spiro atoms. The van der Waals surface area contributed by atoms with Gasteiger partial charge >= 0.3 is 0 Å². The summed E-state index contributed by atoms with van der Waals surface area (Å²) in [6.07, 6.45) is 9.13. The van der Waals surface area contributed by atoms with E-state index in [0.717, 1.165) is 41.9 Å². The average molecular weight is 443 g/mol. The second kappa shape index (κ2) is 13.6. The molecule has 0 saturated heterocycles.